The van der Waals surface area contributed by atoms with Gasteiger partial charge < -0.3 is 0 Å². The van der Waals surface area contributed by atoms with E-state index in [-0.39, 0.29) is 12.4 Å². The summed E-state index contributed by atoms with van der Waals surface area (Å²) >= 11 is 0. The quantitative estimate of drug-likeness (QED) is 0.689. The smallest absolute Gasteiger partial charge is 0.00791 e. The SMILES string of the molecule is C1=c2ccc3c(c2CCC1)CC=c1ccccc1=3.Cl. The first-order valence-corrected chi connectivity index (χ1v) is 6.84. The number of fused-ring (bicyclic) bond motifs is 4. The number of halogens is 1. The summed E-state index contributed by atoms with van der Waals surface area (Å²) in [5.41, 5.74) is 3.17. The maximum absolute atomic E-state index is 2.40. The molecule has 0 nitrogen and oxygen atoms in total. The average molecular weight is 269 g/mol. The van der Waals surface area contributed by atoms with Crippen molar-refractivity contribution >= 4 is 24.6 Å². The van der Waals surface area contributed by atoms with Crippen molar-refractivity contribution in [3.8, 4) is 0 Å². The Morgan fingerprint density at radius 1 is 0.737 bits per heavy atom. The van der Waals surface area contributed by atoms with Crippen molar-refractivity contribution in [2.24, 2.45) is 0 Å². The van der Waals surface area contributed by atoms with Crippen LogP contribution in [0.1, 0.15) is 24.0 Å². The Morgan fingerprint density at radius 2 is 1.63 bits per heavy atom. The van der Waals surface area contributed by atoms with Gasteiger partial charge in [0.15, 0.2) is 0 Å². The molecule has 0 N–H and O–H groups in total. The predicted molar refractivity (Wildman–Crippen MR) is 82.6 cm³/mol. The van der Waals surface area contributed by atoms with Gasteiger partial charge >= 0.3 is 0 Å². The minimum Gasteiger partial charge on any atom is -0.147 e. The van der Waals surface area contributed by atoms with Crippen molar-refractivity contribution in [3.63, 3.8) is 0 Å². The second kappa shape index (κ2) is 4.86. The van der Waals surface area contributed by atoms with E-state index >= 15 is 0 Å². The van der Waals surface area contributed by atoms with Gasteiger partial charge in [-0.1, -0.05) is 48.6 Å². The van der Waals surface area contributed by atoms with E-state index in [9.17, 15) is 0 Å². The van der Waals surface area contributed by atoms with Crippen LogP contribution in [0.2, 0.25) is 0 Å². The lowest BCUT2D eigenvalue weighted by atomic mass is 9.89. The third kappa shape index (κ3) is 1.91. The van der Waals surface area contributed by atoms with E-state index < -0.39 is 0 Å². The van der Waals surface area contributed by atoms with E-state index in [1.807, 2.05) is 0 Å². The van der Waals surface area contributed by atoms with Gasteiger partial charge in [-0.15, -0.1) is 12.4 Å². The molecular formula is C18H17Cl. The highest BCUT2D eigenvalue weighted by Crippen LogP contribution is 2.17. The van der Waals surface area contributed by atoms with Crippen LogP contribution in [0.5, 0.6) is 0 Å². The maximum Gasteiger partial charge on any atom is -0.00791 e. The molecule has 2 aliphatic rings. The molecule has 0 amide bonds. The van der Waals surface area contributed by atoms with E-state index in [1.54, 1.807) is 11.1 Å². The second-order valence-corrected chi connectivity index (χ2v) is 5.25. The first-order valence-electron chi connectivity index (χ1n) is 6.84. The summed E-state index contributed by atoms with van der Waals surface area (Å²) in [5.74, 6) is 0. The third-order valence-corrected chi connectivity index (χ3v) is 4.24. The van der Waals surface area contributed by atoms with Crippen molar-refractivity contribution in [3.05, 3.63) is 68.4 Å². The van der Waals surface area contributed by atoms with Gasteiger partial charge in [0.2, 0.25) is 0 Å². The van der Waals surface area contributed by atoms with E-state index in [1.165, 1.54) is 40.1 Å². The van der Waals surface area contributed by atoms with Crippen LogP contribution < -0.4 is 10.4 Å². The fourth-order valence-corrected chi connectivity index (χ4v) is 3.35. The summed E-state index contributed by atoms with van der Waals surface area (Å²) in [6, 6.07) is 13.4. The molecule has 0 aromatic heterocycles. The second-order valence-electron chi connectivity index (χ2n) is 5.25. The van der Waals surface area contributed by atoms with Crippen molar-refractivity contribution in [2.75, 3.05) is 0 Å². The van der Waals surface area contributed by atoms with Crippen molar-refractivity contribution in [2.45, 2.75) is 25.7 Å². The normalized spacial score (nSPS) is 14.9. The Bertz CT molecular complexity index is 831. The molecular weight excluding hydrogens is 252 g/mol. The number of rotatable bonds is 0. The number of hydrogen-bond acceptors (Lipinski definition) is 0. The molecule has 19 heavy (non-hydrogen) atoms. The van der Waals surface area contributed by atoms with Crippen LogP contribution in [-0.2, 0) is 12.8 Å². The fraction of sp³-hybridized carbons (Fsp3) is 0.222. The standard InChI is InChI=1S/C18H16.ClH/c1-3-7-15-13(5-1)9-11-18-16-8-4-2-6-14(16)10-12-17(15)18;/h1,3,5-7,9-10,12H,2,4,8,11H2;1H. The number of benzene rings is 2. The molecule has 2 aromatic rings. The molecule has 0 aliphatic heterocycles. The van der Waals surface area contributed by atoms with Crippen LogP contribution in [0.3, 0.4) is 0 Å². The molecule has 96 valence electrons. The lowest BCUT2D eigenvalue weighted by Crippen LogP contribution is -2.19. The molecule has 0 atom stereocenters. The van der Waals surface area contributed by atoms with Crippen LogP contribution in [0.15, 0.2) is 36.4 Å². The summed E-state index contributed by atoms with van der Waals surface area (Å²) in [4.78, 5) is 0. The van der Waals surface area contributed by atoms with Gasteiger partial charge in [0.25, 0.3) is 0 Å². The van der Waals surface area contributed by atoms with Crippen molar-refractivity contribution in [1.82, 2.24) is 0 Å². The minimum absolute atomic E-state index is 0. The lowest BCUT2D eigenvalue weighted by Gasteiger charge is -2.16. The molecule has 0 saturated heterocycles. The monoisotopic (exact) mass is 268 g/mol. The van der Waals surface area contributed by atoms with Crippen molar-refractivity contribution in [1.29, 1.82) is 0 Å². The van der Waals surface area contributed by atoms with Gasteiger partial charge in [0.05, 0.1) is 0 Å². The molecule has 2 aromatic carbocycles. The number of hydrogen-bond donors (Lipinski definition) is 0. The van der Waals surface area contributed by atoms with Crippen LogP contribution in [0.25, 0.3) is 12.2 Å². The molecule has 0 saturated carbocycles. The first kappa shape index (κ1) is 12.5. The first-order chi connectivity index (χ1) is 8.93. The Labute approximate surface area is 119 Å². The molecule has 0 radical (unpaired) electrons. The highest BCUT2D eigenvalue weighted by Gasteiger charge is 2.10. The molecule has 0 unspecified atom stereocenters. The van der Waals surface area contributed by atoms with E-state index in [0.717, 1.165) is 6.42 Å². The summed E-state index contributed by atoms with van der Waals surface area (Å²) in [6.45, 7) is 0. The molecule has 0 heterocycles. The molecule has 4 rings (SSSR count). The zero-order chi connectivity index (χ0) is 11.9. The van der Waals surface area contributed by atoms with Crippen LogP contribution in [0.4, 0.5) is 0 Å². The van der Waals surface area contributed by atoms with Gasteiger partial charge in [0.1, 0.15) is 0 Å². The highest BCUT2D eigenvalue weighted by molar-refractivity contribution is 5.85. The summed E-state index contributed by atoms with van der Waals surface area (Å²) < 4.78 is 0. The fourth-order valence-electron chi connectivity index (χ4n) is 3.35. The van der Waals surface area contributed by atoms with E-state index in [2.05, 4.69) is 48.6 Å². The molecule has 0 fully saturated rings. The Hall–Kier alpha value is -1.53. The topological polar surface area (TPSA) is 0 Å². The molecule has 0 bridgehead atoms. The minimum atomic E-state index is 0. The van der Waals surface area contributed by atoms with Crippen molar-refractivity contribution < 1.29 is 0 Å². The van der Waals surface area contributed by atoms with Crippen LogP contribution in [0, 0.1) is 10.4 Å². The largest absolute Gasteiger partial charge is 0.147 e. The lowest BCUT2D eigenvalue weighted by molar-refractivity contribution is 0.824. The Morgan fingerprint density at radius 3 is 2.58 bits per heavy atom. The summed E-state index contributed by atoms with van der Waals surface area (Å²) in [6.07, 6.45) is 9.69. The Kier molecular flexibility index (Phi) is 3.20. The van der Waals surface area contributed by atoms with Gasteiger partial charge in [-0.3, -0.25) is 0 Å². The summed E-state index contributed by atoms with van der Waals surface area (Å²) in [5, 5.41) is 5.74. The van der Waals surface area contributed by atoms with Gasteiger partial charge in [-0.2, -0.15) is 0 Å². The summed E-state index contributed by atoms with van der Waals surface area (Å²) in [7, 11) is 0. The Balaban J connectivity index is 0.00000110. The van der Waals surface area contributed by atoms with Gasteiger partial charge in [-0.25, -0.2) is 0 Å². The van der Waals surface area contributed by atoms with E-state index in [4.69, 9.17) is 0 Å². The van der Waals surface area contributed by atoms with Crippen LogP contribution in [-0.4, -0.2) is 0 Å². The molecule has 0 spiro atoms. The highest BCUT2D eigenvalue weighted by atomic mass is 35.5. The molecule has 2 aliphatic carbocycles. The zero-order valence-corrected chi connectivity index (χ0v) is 11.7. The third-order valence-electron chi connectivity index (χ3n) is 4.24. The zero-order valence-electron chi connectivity index (χ0n) is 10.9. The average Bonchev–Trinajstić information content (AvgIpc) is 2.46. The van der Waals surface area contributed by atoms with E-state index in [0.29, 0.717) is 0 Å². The van der Waals surface area contributed by atoms with Gasteiger partial charge in [-0.05, 0) is 57.7 Å². The van der Waals surface area contributed by atoms with Gasteiger partial charge in [0, 0.05) is 0 Å². The van der Waals surface area contributed by atoms with Crippen LogP contribution >= 0.6 is 12.4 Å². The predicted octanol–water partition coefficient (Wildman–Crippen LogP) is 2.85. The molecule has 1 heteroatoms. The maximum atomic E-state index is 2.40.